The summed E-state index contributed by atoms with van der Waals surface area (Å²) >= 11 is 1.28. The van der Waals surface area contributed by atoms with Gasteiger partial charge in [0, 0.05) is 0 Å². The zero-order chi connectivity index (χ0) is 14.3. The van der Waals surface area contributed by atoms with Crippen LogP contribution >= 0.6 is 11.3 Å². The molecule has 0 radical (unpaired) electrons. The topological polar surface area (TPSA) is 86.7 Å². The fourth-order valence-electron chi connectivity index (χ4n) is 2.06. The molecule has 0 saturated heterocycles. The van der Waals surface area contributed by atoms with E-state index in [1.807, 2.05) is 26.0 Å². The van der Waals surface area contributed by atoms with E-state index in [4.69, 9.17) is 5.73 Å². The first-order valence-electron chi connectivity index (χ1n) is 6.12. The molecule has 102 valence electrons. The largest absolute Gasteiger partial charge is 0.374 e. The number of nitrogen functional groups attached to an aromatic ring is 1. The molecule has 2 heterocycles. The molecule has 7 heteroatoms. The second-order valence-corrected chi connectivity index (χ2v) is 5.67. The van der Waals surface area contributed by atoms with Crippen LogP contribution in [-0.2, 0) is 0 Å². The van der Waals surface area contributed by atoms with Gasteiger partial charge in [0.05, 0.1) is 23.3 Å². The SMILES string of the molecule is Cc1ccc2c(=O)n([C@@H](C)c3nnc(N)s3)cnc2c1. The predicted octanol–water partition coefficient (Wildman–Crippen LogP) is 1.75. The van der Waals surface area contributed by atoms with Crippen LogP contribution in [0.2, 0.25) is 0 Å². The molecular weight excluding hydrogens is 274 g/mol. The van der Waals surface area contributed by atoms with Crippen molar-refractivity contribution < 1.29 is 0 Å². The molecule has 0 aliphatic heterocycles. The number of nitrogens with two attached hydrogens (primary N) is 1. The Morgan fingerprint density at radius 3 is 2.85 bits per heavy atom. The van der Waals surface area contributed by atoms with Crippen molar-refractivity contribution in [3.63, 3.8) is 0 Å². The molecule has 3 rings (SSSR count). The molecule has 0 aliphatic carbocycles. The van der Waals surface area contributed by atoms with Gasteiger partial charge in [-0.3, -0.25) is 9.36 Å². The molecule has 1 aromatic carbocycles. The summed E-state index contributed by atoms with van der Waals surface area (Å²) in [6.45, 7) is 3.85. The summed E-state index contributed by atoms with van der Waals surface area (Å²) in [5, 5.41) is 9.45. The van der Waals surface area contributed by atoms with E-state index in [-0.39, 0.29) is 11.6 Å². The second-order valence-electron chi connectivity index (χ2n) is 4.63. The molecule has 1 atom stereocenters. The van der Waals surface area contributed by atoms with Crippen LogP contribution in [0.25, 0.3) is 10.9 Å². The highest BCUT2D eigenvalue weighted by atomic mass is 32.1. The molecular formula is C13H13N5OS. The summed E-state index contributed by atoms with van der Waals surface area (Å²) < 4.78 is 1.55. The number of benzene rings is 1. The predicted molar refractivity (Wildman–Crippen MR) is 78.9 cm³/mol. The van der Waals surface area contributed by atoms with Crippen molar-refractivity contribution in [3.05, 3.63) is 45.5 Å². The van der Waals surface area contributed by atoms with E-state index in [0.29, 0.717) is 21.0 Å². The maximum atomic E-state index is 12.5. The lowest BCUT2D eigenvalue weighted by atomic mass is 10.2. The highest BCUT2D eigenvalue weighted by Gasteiger charge is 2.16. The first-order valence-corrected chi connectivity index (χ1v) is 6.94. The van der Waals surface area contributed by atoms with Gasteiger partial charge in [-0.05, 0) is 31.5 Å². The van der Waals surface area contributed by atoms with Gasteiger partial charge in [0.15, 0.2) is 0 Å². The van der Waals surface area contributed by atoms with Gasteiger partial charge in [-0.2, -0.15) is 0 Å². The normalized spacial score (nSPS) is 12.7. The van der Waals surface area contributed by atoms with Crippen LogP contribution in [0.4, 0.5) is 5.13 Å². The molecule has 0 fully saturated rings. The van der Waals surface area contributed by atoms with E-state index in [9.17, 15) is 4.79 Å². The van der Waals surface area contributed by atoms with E-state index in [1.54, 1.807) is 17.0 Å². The summed E-state index contributed by atoms with van der Waals surface area (Å²) in [4.78, 5) is 16.9. The summed E-state index contributed by atoms with van der Waals surface area (Å²) in [5.74, 6) is 0. The molecule has 2 N–H and O–H groups in total. The molecule has 20 heavy (non-hydrogen) atoms. The first-order chi connectivity index (χ1) is 9.56. The number of aryl methyl sites for hydroxylation is 1. The third kappa shape index (κ3) is 2.05. The number of aromatic nitrogens is 4. The molecule has 0 amide bonds. The lowest BCUT2D eigenvalue weighted by molar-refractivity contribution is 0.600. The Morgan fingerprint density at radius 1 is 1.35 bits per heavy atom. The van der Waals surface area contributed by atoms with E-state index in [1.165, 1.54) is 11.3 Å². The van der Waals surface area contributed by atoms with Gasteiger partial charge >= 0.3 is 0 Å². The number of hydrogen-bond acceptors (Lipinski definition) is 6. The molecule has 0 spiro atoms. The zero-order valence-electron chi connectivity index (χ0n) is 11.1. The van der Waals surface area contributed by atoms with Gasteiger partial charge in [-0.1, -0.05) is 17.4 Å². The minimum Gasteiger partial charge on any atom is -0.374 e. The van der Waals surface area contributed by atoms with Crippen LogP contribution in [0.3, 0.4) is 0 Å². The Hall–Kier alpha value is -2.28. The van der Waals surface area contributed by atoms with Crippen LogP contribution in [0.15, 0.2) is 29.3 Å². The molecule has 0 bridgehead atoms. The molecule has 3 aromatic rings. The van der Waals surface area contributed by atoms with Gasteiger partial charge < -0.3 is 5.73 Å². The molecule has 2 aromatic heterocycles. The van der Waals surface area contributed by atoms with Crippen LogP contribution in [-0.4, -0.2) is 19.7 Å². The Bertz CT molecular complexity index is 838. The van der Waals surface area contributed by atoms with Gasteiger partial charge in [0.1, 0.15) is 5.01 Å². The standard InChI is InChI=1S/C13H13N5OS/c1-7-3-4-9-10(5-7)15-6-18(12(9)19)8(2)11-16-17-13(14)20-11/h3-6,8H,1-2H3,(H2,14,17)/t8-/m0/s1. The van der Waals surface area contributed by atoms with Gasteiger partial charge in [0.25, 0.3) is 5.56 Å². The zero-order valence-corrected chi connectivity index (χ0v) is 11.9. The minimum atomic E-state index is -0.240. The molecule has 6 nitrogen and oxygen atoms in total. The van der Waals surface area contributed by atoms with Crippen molar-refractivity contribution >= 4 is 27.4 Å². The van der Waals surface area contributed by atoms with Gasteiger partial charge in [-0.25, -0.2) is 4.98 Å². The van der Waals surface area contributed by atoms with E-state index >= 15 is 0 Å². The highest BCUT2D eigenvalue weighted by Crippen LogP contribution is 2.22. The number of fused-ring (bicyclic) bond motifs is 1. The Morgan fingerprint density at radius 2 is 2.15 bits per heavy atom. The highest BCUT2D eigenvalue weighted by molar-refractivity contribution is 7.15. The fourth-order valence-corrected chi connectivity index (χ4v) is 2.72. The van der Waals surface area contributed by atoms with Crippen molar-refractivity contribution in [2.24, 2.45) is 0 Å². The number of hydrogen-bond donors (Lipinski definition) is 1. The average Bonchev–Trinajstić information content (AvgIpc) is 2.85. The van der Waals surface area contributed by atoms with Crippen LogP contribution in [0.1, 0.15) is 23.5 Å². The van der Waals surface area contributed by atoms with E-state index in [2.05, 4.69) is 15.2 Å². The number of nitrogens with zero attached hydrogens (tertiary/aromatic N) is 4. The molecule has 0 saturated carbocycles. The average molecular weight is 287 g/mol. The van der Waals surface area contributed by atoms with Gasteiger partial charge in [-0.15, -0.1) is 10.2 Å². The summed E-state index contributed by atoms with van der Waals surface area (Å²) in [6.07, 6.45) is 1.55. The van der Waals surface area contributed by atoms with Crippen LogP contribution in [0, 0.1) is 6.92 Å². The van der Waals surface area contributed by atoms with Crippen molar-refractivity contribution in [2.75, 3.05) is 5.73 Å². The van der Waals surface area contributed by atoms with Crippen molar-refractivity contribution in [1.82, 2.24) is 19.7 Å². The van der Waals surface area contributed by atoms with Crippen molar-refractivity contribution in [3.8, 4) is 0 Å². The quantitative estimate of drug-likeness (QED) is 0.776. The number of rotatable bonds is 2. The van der Waals surface area contributed by atoms with Crippen molar-refractivity contribution in [2.45, 2.75) is 19.9 Å². The van der Waals surface area contributed by atoms with Crippen LogP contribution < -0.4 is 11.3 Å². The maximum absolute atomic E-state index is 12.5. The fraction of sp³-hybridized carbons (Fsp3) is 0.231. The smallest absolute Gasteiger partial charge is 0.261 e. The van der Waals surface area contributed by atoms with E-state index in [0.717, 1.165) is 5.56 Å². The molecule has 0 unspecified atom stereocenters. The molecule has 0 aliphatic rings. The first kappa shape index (κ1) is 12.7. The summed E-state index contributed by atoms with van der Waals surface area (Å²) in [5.41, 5.74) is 7.27. The summed E-state index contributed by atoms with van der Waals surface area (Å²) in [6, 6.07) is 5.37. The monoisotopic (exact) mass is 287 g/mol. The van der Waals surface area contributed by atoms with Crippen molar-refractivity contribution in [1.29, 1.82) is 0 Å². The Kier molecular flexibility index (Phi) is 2.98. The lowest BCUT2D eigenvalue weighted by Gasteiger charge is -2.12. The second kappa shape index (κ2) is 4.68. The van der Waals surface area contributed by atoms with Crippen LogP contribution in [0.5, 0.6) is 0 Å². The third-order valence-electron chi connectivity index (χ3n) is 3.17. The third-order valence-corrected chi connectivity index (χ3v) is 4.09. The number of anilines is 1. The minimum absolute atomic E-state index is 0.0868. The lowest BCUT2D eigenvalue weighted by Crippen LogP contribution is -2.24. The Balaban J connectivity index is 2.15. The Labute approximate surface area is 118 Å². The van der Waals surface area contributed by atoms with E-state index < -0.39 is 0 Å². The summed E-state index contributed by atoms with van der Waals surface area (Å²) in [7, 11) is 0. The maximum Gasteiger partial charge on any atom is 0.261 e. The van der Waals surface area contributed by atoms with Gasteiger partial charge in [0.2, 0.25) is 5.13 Å².